The summed E-state index contributed by atoms with van der Waals surface area (Å²) < 4.78 is 1.10. The van der Waals surface area contributed by atoms with Crippen LogP contribution in [0.4, 0.5) is 5.82 Å². The minimum Gasteiger partial charge on any atom is -0.360 e. The van der Waals surface area contributed by atoms with Gasteiger partial charge in [0.15, 0.2) is 0 Å². The summed E-state index contributed by atoms with van der Waals surface area (Å²) in [7, 11) is 0. The molecule has 0 aliphatic rings. The van der Waals surface area contributed by atoms with Gasteiger partial charge >= 0.3 is 0 Å². The van der Waals surface area contributed by atoms with Crippen LogP contribution >= 0.6 is 22.7 Å². The maximum atomic E-state index is 4.40. The first-order chi connectivity index (χ1) is 8.74. The van der Waals surface area contributed by atoms with Crippen molar-refractivity contribution in [2.75, 3.05) is 5.32 Å². The molecule has 0 saturated heterocycles. The fourth-order valence-electron chi connectivity index (χ4n) is 1.73. The van der Waals surface area contributed by atoms with Crippen LogP contribution in [0, 0.1) is 6.92 Å². The molecule has 6 heteroatoms. The van der Waals surface area contributed by atoms with E-state index in [1.54, 1.807) is 29.0 Å². The number of nitrogens with zero attached hydrogens (tertiary/aromatic N) is 3. The predicted octanol–water partition coefficient (Wildman–Crippen LogP) is 3.63. The quantitative estimate of drug-likeness (QED) is 0.793. The molecular weight excluding hydrogens is 264 g/mol. The first-order valence-corrected chi connectivity index (χ1v) is 7.31. The molecule has 1 N–H and O–H groups in total. The number of thiophene rings is 1. The maximum Gasteiger partial charge on any atom is 0.147 e. The molecule has 3 heterocycles. The van der Waals surface area contributed by atoms with E-state index in [9.17, 15) is 0 Å². The van der Waals surface area contributed by atoms with Gasteiger partial charge in [-0.05, 0) is 25.3 Å². The van der Waals surface area contributed by atoms with Gasteiger partial charge in [-0.25, -0.2) is 15.0 Å². The van der Waals surface area contributed by atoms with Crippen LogP contribution in [0.15, 0.2) is 24.0 Å². The third-order valence-electron chi connectivity index (χ3n) is 2.61. The Labute approximate surface area is 113 Å². The van der Waals surface area contributed by atoms with Gasteiger partial charge in [0, 0.05) is 11.1 Å². The molecule has 0 saturated carbocycles. The summed E-state index contributed by atoms with van der Waals surface area (Å²) in [5, 5.41) is 6.52. The van der Waals surface area contributed by atoms with Crippen molar-refractivity contribution in [1.82, 2.24) is 15.0 Å². The highest BCUT2D eigenvalue weighted by molar-refractivity contribution is 7.17. The van der Waals surface area contributed by atoms with Crippen LogP contribution in [0.3, 0.4) is 0 Å². The Balaban J connectivity index is 1.90. The zero-order valence-corrected chi connectivity index (χ0v) is 11.7. The number of aromatic nitrogens is 3. The Morgan fingerprint density at radius 2 is 2.17 bits per heavy atom. The lowest BCUT2D eigenvalue weighted by atomic mass is 10.3. The van der Waals surface area contributed by atoms with Gasteiger partial charge in [0.2, 0.25) is 0 Å². The summed E-state index contributed by atoms with van der Waals surface area (Å²) in [4.78, 5) is 14.2. The van der Waals surface area contributed by atoms with Crippen molar-refractivity contribution in [1.29, 1.82) is 0 Å². The van der Waals surface area contributed by atoms with E-state index in [0.29, 0.717) is 0 Å². The average Bonchev–Trinajstić information content (AvgIpc) is 2.97. The van der Waals surface area contributed by atoms with Gasteiger partial charge in [-0.2, -0.15) is 0 Å². The number of hydrogen-bond acceptors (Lipinski definition) is 6. The maximum absolute atomic E-state index is 4.40. The van der Waals surface area contributed by atoms with Crippen LogP contribution in [0.5, 0.6) is 0 Å². The Kier molecular flexibility index (Phi) is 2.97. The molecule has 0 aliphatic carbocycles. The van der Waals surface area contributed by atoms with Gasteiger partial charge in [-0.1, -0.05) is 0 Å². The van der Waals surface area contributed by atoms with E-state index >= 15 is 0 Å². The SMILES string of the molecule is Cc1cnc(C(C)Nc2ncnc3ccsc23)s1. The van der Waals surface area contributed by atoms with Crippen LogP contribution in [0.1, 0.15) is 22.9 Å². The van der Waals surface area contributed by atoms with Crippen molar-refractivity contribution in [3.63, 3.8) is 0 Å². The highest BCUT2D eigenvalue weighted by Gasteiger charge is 2.12. The van der Waals surface area contributed by atoms with E-state index in [-0.39, 0.29) is 6.04 Å². The summed E-state index contributed by atoms with van der Waals surface area (Å²) in [5.74, 6) is 0.885. The molecule has 0 amide bonds. The molecule has 92 valence electrons. The Morgan fingerprint density at radius 3 is 2.94 bits per heavy atom. The molecule has 18 heavy (non-hydrogen) atoms. The third-order valence-corrected chi connectivity index (χ3v) is 4.61. The molecule has 0 radical (unpaired) electrons. The molecule has 3 aromatic rings. The molecule has 0 aromatic carbocycles. The van der Waals surface area contributed by atoms with Crippen LogP contribution in [0.2, 0.25) is 0 Å². The van der Waals surface area contributed by atoms with Gasteiger partial charge < -0.3 is 5.32 Å². The average molecular weight is 276 g/mol. The van der Waals surface area contributed by atoms with E-state index in [1.165, 1.54) is 4.88 Å². The fraction of sp³-hybridized carbons (Fsp3) is 0.250. The number of fused-ring (bicyclic) bond motifs is 1. The molecular formula is C12H12N4S2. The van der Waals surface area contributed by atoms with Crippen molar-refractivity contribution in [2.24, 2.45) is 0 Å². The molecule has 0 spiro atoms. The Bertz CT molecular complexity index is 673. The van der Waals surface area contributed by atoms with Gasteiger partial charge in [0.05, 0.1) is 16.3 Å². The minimum atomic E-state index is 0.156. The van der Waals surface area contributed by atoms with E-state index in [0.717, 1.165) is 21.0 Å². The number of rotatable bonds is 3. The van der Waals surface area contributed by atoms with E-state index in [2.05, 4.69) is 34.1 Å². The van der Waals surface area contributed by atoms with Crippen LogP contribution in [-0.4, -0.2) is 15.0 Å². The van der Waals surface area contributed by atoms with Crippen molar-refractivity contribution < 1.29 is 0 Å². The normalized spacial score (nSPS) is 12.8. The number of anilines is 1. The molecule has 0 bridgehead atoms. The van der Waals surface area contributed by atoms with Gasteiger partial charge in [-0.15, -0.1) is 22.7 Å². The summed E-state index contributed by atoms with van der Waals surface area (Å²) in [5.41, 5.74) is 0.986. The van der Waals surface area contributed by atoms with Crippen LogP contribution in [0.25, 0.3) is 10.2 Å². The first kappa shape index (κ1) is 11.6. The number of hydrogen-bond donors (Lipinski definition) is 1. The van der Waals surface area contributed by atoms with E-state index in [4.69, 9.17) is 0 Å². The van der Waals surface area contributed by atoms with Crippen molar-refractivity contribution in [3.8, 4) is 0 Å². The van der Waals surface area contributed by atoms with Gasteiger partial charge in [0.25, 0.3) is 0 Å². The zero-order chi connectivity index (χ0) is 12.5. The number of thiazole rings is 1. The second-order valence-corrected chi connectivity index (χ2v) is 6.21. The summed E-state index contributed by atoms with van der Waals surface area (Å²) in [6.07, 6.45) is 3.50. The van der Waals surface area contributed by atoms with Gasteiger partial charge in [0.1, 0.15) is 17.2 Å². The molecule has 1 atom stereocenters. The lowest BCUT2D eigenvalue weighted by molar-refractivity contribution is 0.862. The summed E-state index contributed by atoms with van der Waals surface area (Å²) in [6, 6.07) is 2.16. The Morgan fingerprint density at radius 1 is 1.28 bits per heavy atom. The summed E-state index contributed by atoms with van der Waals surface area (Å²) in [6.45, 7) is 4.16. The third kappa shape index (κ3) is 2.09. The molecule has 3 aromatic heterocycles. The summed E-state index contributed by atoms with van der Waals surface area (Å²) >= 11 is 3.36. The second-order valence-electron chi connectivity index (χ2n) is 4.03. The van der Waals surface area contributed by atoms with Crippen molar-refractivity contribution >= 4 is 38.7 Å². The highest BCUT2D eigenvalue weighted by Crippen LogP contribution is 2.28. The fourth-order valence-corrected chi connectivity index (χ4v) is 3.30. The molecule has 0 fully saturated rings. The smallest absolute Gasteiger partial charge is 0.147 e. The lowest BCUT2D eigenvalue weighted by Gasteiger charge is -2.11. The first-order valence-electron chi connectivity index (χ1n) is 5.61. The number of aryl methyl sites for hydroxylation is 1. The minimum absolute atomic E-state index is 0.156. The number of nitrogens with one attached hydrogen (secondary N) is 1. The molecule has 3 rings (SSSR count). The van der Waals surface area contributed by atoms with Gasteiger partial charge in [-0.3, -0.25) is 0 Å². The highest BCUT2D eigenvalue weighted by atomic mass is 32.1. The topological polar surface area (TPSA) is 50.7 Å². The lowest BCUT2D eigenvalue weighted by Crippen LogP contribution is -2.07. The van der Waals surface area contributed by atoms with E-state index in [1.807, 2.05) is 17.6 Å². The largest absolute Gasteiger partial charge is 0.360 e. The van der Waals surface area contributed by atoms with Crippen LogP contribution in [-0.2, 0) is 0 Å². The zero-order valence-electron chi connectivity index (χ0n) is 10.0. The monoisotopic (exact) mass is 276 g/mol. The predicted molar refractivity (Wildman–Crippen MR) is 76.3 cm³/mol. The van der Waals surface area contributed by atoms with Crippen molar-refractivity contribution in [3.05, 3.63) is 33.9 Å². The molecule has 1 unspecified atom stereocenters. The van der Waals surface area contributed by atoms with Crippen LogP contribution < -0.4 is 5.32 Å². The molecule has 4 nitrogen and oxygen atoms in total. The van der Waals surface area contributed by atoms with Crippen molar-refractivity contribution in [2.45, 2.75) is 19.9 Å². The Hall–Kier alpha value is -1.53. The second kappa shape index (κ2) is 4.62. The molecule has 0 aliphatic heterocycles. The standard InChI is InChI=1S/C12H12N4S2/c1-7-5-13-12(18-7)8(2)16-11-10-9(3-4-17-10)14-6-15-11/h3-6,8H,1-2H3,(H,14,15,16). The van der Waals surface area contributed by atoms with E-state index < -0.39 is 0 Å².